The molecule has 1 amide bonds. The number of ether oxygens (including phenoxy) is 1. The SMILES string of the molecule is O=C(NCc1cccnc1)c1cc2n(n1)C[C@@H](Oc1cccnc1)C2. The van der Waals surface area contributed by atoms with Crippen molar-refractivity contribution in [1.29, 1.82) is 0 Å². The van der Waals surface area contributed by atoms with Gasteiger partial charge < -0.3 is 10.1 Å². The molecule has 4 rings (SSSR count). The summed E-state index contributed by atoms with van der Waals surface area (Å²) in [6.45, 7) is 1.06. The second-order valence-corrected chi connectivity index (χ2v) is 5.88. The lowest BCUT2D eigenvalue weighted by atomic mass is 10.2. The minimum Gasteiger partial charge on any atom is -0.486 e. The summed E-state index contributed by atoms with van der Waals surface area (Å²) >= 11 is 0. The van der Waals surface area contributed by atoms with Crippen LogP contribution < -0.4 is 10.1 Å². The molecule has 0 fully saturated rings. The average molecular weight is 335 g/mol. The highest BCUT2D eigenvalue weighted by Crippen LogP contribution is 2.21. The van der Waals surface area contributed by atoms with E-state index < -0.39 is 0 Å². The summed E-state index contributed by atoms with van der Waals surface area (Å²) in [6, 6.07) is 9.31. The first-order chi connectivity index (χ1) is 12.3. The third-order valence-corrected chi connectivity index (χ3v) is 4.02. The summed E-state index contributed by atoms with van der Waals surface area (Å²) in [5.74, 6) is 0.558. The molecule has 0 bridgehead atoms. The number of fused-ring (bicyclic) bond motifs is 1. The first-order valence-corrected chi connectivity index (χ1v) is 8.08. The monoisotopic (exact) mass is 335 g/mol. The van der Waals surface area contributed by atoms with Gasteiger partial charge in [0.05, 0.1) is 12.7 Å². The molecule has 3 aromatic rings. The Kier molecular flexibility index (Phi) is 4.12. The maximum atomic E-state index is 12.2. The van der Waals surface area contributed by atoms with E-state index in [1.807, 2.05) is 35.0 Å². The lowest BCUT2D eigenvalue weighted by molar-refractivity contribution is 0.0944. The highest BCUT2D eigenvalue weighted by Gasteiger charge is 2.26. The van der Waals surface area contributed by atoms with E-state index in [1.165, 1.54) is 0 Å². The van der Waals surface area contributed by atoms with Gasteiger partial charge in [-0.1, -0.05) is 6.07 Å². The van der Waals surface area contributed by atoms with Crippen molar-refractivity contribution in [2.24, 2.45) is 0 Å². The van der Waals surface area contributed by atoms with Crippen molar-refractivity contribution in [3.8, 4) is 5.75 Å². The molecule has 0 aliphatic carbocycles. The number of carbonyl (C=O) groups is 1. The molecule has 4 heterocycles. The molecule has 1 aliphatic rings. The zero-order valence-electron chi connectivity index (χ0n) is 13.5. The molecule has 25 heavy (non-hydrogen) atoms. The van der Waals surface area contributed by atoms with E-state index in [-0.39, 0.29) is 12.0 Å². The van der Waals surface area contributed by atoms with E-state index in [9.17, 15) is 4.79 Å². The number of rotatable bonds is 5. The predicted octanol–water partition coefficient (Wildman–Crippen LogP) is 1.61. The Morgan fingerprint density at radius 3 is 2.80 bits per heavy atom. The molecule has 0 saturated carbocycles. The fourth-order valence-electron chi connectivity index (χ4n) is 2.84. The number of aromatic nitrogens is 4. The largest absolute Gasteiger partial charge is 0.486 e. The van der Waals surface area contributed by atoms with Gasteiger partial charge in [0.2, 0.25) is 0 Å². The molecule has 126 valence electrons. The van der Waals surface area contributed by atoms with Crippen molar-refractivity contribution in [3.63, 3.8) is 0 Å². The van der Waals surface area contributed by atoms with Crippen LogP contribution in [0.5, 0.6) is 5.75 Å². The van der Waals surface area contributed by atoms with Crippen LogP contribution in [0, 0.1) is 0 Å². The first-order valence-electron chi connectivity index (χ1n) is 8.08. The van der Waals surface area contributed by atoms with Gasteiger partial charge in [-0.05, 0) is 29.8 Å². The number of amides is 1. The molecule has 3 aromatic heterocycles. The van der Waals surface area contributed by atoms with Gasteiger partial charge in [0.25, 0.3) is 5.91 Å². The van der Waals surface area contributed by atoms with Crippen LogP contribution >= 0.6 is 0 Å². The molecule has 0 radical (unpaired) electrons. The number of nitrogens with one attached hydrogen (secondary N) is 1. The standard InChI is InChI=1S/C18H17N5O2/c24-18(21-10-13-3-1-5-19-9-13)17-8-14-7-16(12-23(14)22-17)25-15-4-2-6-20-11-15/h1-6,8-9,11,16H,7,10,12H2,(H,21,24)/t16-/m0/s1. The highest BCUT2D eigenvalue weighted by atomic mass is 16.5. The molecule has 7 heteroatoms. The fraction of sp³-hybridized carbons (Fsp3) is 0.222. The highest BCUT2D eigenvalue weighted by molar-refractivity contribution is 5.92. The molecule has 0 saturated heterocycles. The minimum absolute atomic E-state index is 0.0132. The Morgan fingerprint density at radius 1 is 1.24 bits per heavy atom. The number of hydrogen-bond acceptors (Lipinski definition) is 5. The quantitative estimate of drug-likeness (QED) is 0.766. The van der Waals surface area contributed by atoms with E-state index in [4.69, 9.17) is 4.74 Å². The van der Waals surface area contributed by atoms with Gasteiger partial charge in [0.1, 0.15) is 17.5 Å². The molecule has 0 aromatic carbocycles. The molecular weight excluding hydrogens is 318 g/mol. The Bertz CT molecular complexity index is 840. The molecule has 0 unspecified atom stereocenters. The van der Waals surface area contributed by atoms with Crippen molar-refractivity contribution in [2.45, 2.75) is 25.6 Å². The Labute approximate surface area is 144 Å². The molecule has 0 spiro atoms. The Morgan fingerprint density at radius 2 is 2.08 bits per heavy atom. The summed E-state index contributed by atoms with van der Waals surface area (Å²) in [7, 11) is 0. The maximum absolute atomic E-state index is 12.2. The van der Waals surface area contributed by atoms with Crippen LogP contribution in [0.25, 0.3) is 0 Å². The lowest BCUT2D eigenvalue weighted by Crippen LogP contribution is -2.24. The third kappa shape index (κ3) is 3.50. The summed E-state index contributed by atoms with van der Waals surface area (Å²) in [5.41, 5.74) is 2.38. The normalized spacial score (nSPS) is 15.6. The molecule has 1 atom stereocenters. The topological polar surface area (TPSA) is 81.9 Å². The Hall–Kier alpha value is -3.22. The minimum atomic E-state index is -0.185. The number of hydrogen-bond donors (Lipinski definition) is 1. The average Bonchev–Trinajstić information content (AvgIpc) is 3.20. The Balaban J connectivity index is 1.35. The van der Waals surface area contributed by atoms with Crippen molar-refractivity contribution in [1.82, 2.24) is 25.1 Å². The molecule has 1 N–H and O–H groups in total. The molecule has 1 aliphatic heterocycles. The number of pyridine rings is 2. The van der Waals surface area contributed by atoms with Crippen LogP contribution in [0.4, 0.5) is 0 Å². The van der Waals surface area contributed by atoms with E-state index in [0.717, 1.165) is 23.4 Å². The van der Waals surface area contributed by atoms with E-state index >= 15 is 0 Å². The van der Waals surface area contributed by atoms with E-state index in [1.54, 1.807) is 24.8 Å². The third-order valence-electron chi connectivity index (χ3n) is 4.02. The van der Waals surface area contributed by atoms with Crippen molar-refractivity contribution in [2.75, 3.05) is 0 Å². The van der Waals surface area contributed by atoms with Crippen LogP contribution in [0.2, 0.25) is 0 Å². The summed E-state index contributed by atoms with van der Waals surface area (Å²) in [5, 5.41) is 7.25. The van der Waals surface area contributed by atoms with Gasteiger partial charge >= 0.3 is 0 Å². The predicted molar refractivity (Wildman–Crippen MR) is 90.0 cm³/mol. The second kappa shape index (κ2) is 6.72. The van der Waals surface area contributed by atoms with Gasteiger partial charge in [0, 0.05) is 37.3 Å². The van der Waals surface area contributed by atoms with Crippen molar-refractivity contribution >= 4 is 5.91 Å². The zero-order chi connectivity index (χ0) is 17.1. The van der Waals surface area contributed by atoms with Gasteiger partial charge in [-0.25, -0.2) is 0 Å². The number of nitrogens with zero attached hydrogens (tertiary/aromatic N) is 4. The van der Waals surface area contributed by atoms with E-state index in [2.05, 4.69) is 20.4 Å². The van der Waals surface area contributed by atoms with Crippen molar-refractivity contribution < 1.29 is 9.53 Å². The van der Waals surface area contributed by atoms with Gasteiger partial charge in [-0.2, -0.15) is 5.10 Å². The summed E-state index contributed by atoms with van der Waals surface area (Å²) < 4.78 is 7.72. The number of carbonyl (C=O) groups excluding carboxylic acids is 1. The van der Waals surface area contributed by atoms with Crippen LogP contribution in [0.15, 0.2) is 55.1 Å². The van der Waals surface area contributed by atoms with Gasteiger partial charge in [-0.3, -0.25) is 19.4 Å². The van der Waals surface area contributed by atoms with Gasteiger partial charge in [-0.15, -0.1) is 0 Å². The second-order valence-electron chi connectivity index (χ2n) is 5.88. The van der Waals surface area contributed by atoms with Gasteiger partial charge in [0.15, 0.2) is 0 Å². The summed E-state index contributed by atoms with van der Waals surface area (Å²) in [4.78, 5) is 20.3. The van der Waals surface area contributed by atoms with Crippen molar-refractivity contribution in [3.05, 3.63) is 72.1 Å². The first kappa shape index (κ1) is 15.3. The summed E-state index contributed by atoms with van der Waals surface area (Å²) in [6.07, 6.45) is 7.57. The van der Waals surface area contributed by atoms with Crippen LogP contribution in [0.1, 0.15) is 21.7 Å². The molecule has 7 nitrogen and oxygen atoms in total. The van der Waals surface area contributed by atoms with Crippen LogP contribution in [0.3, 0.4) is 0 Å². The van der Waals surface area contributed by atoms with E-state index in [0.29, 0.717) is 18.8 Å². The zero-order valence-corrected chi connectivity index (χ0v) is 13.5. The molecular formula is C18H17N5O2. The fourth-order valence-corrected chi connectivity index (χ4v) is 2.84. The smallest absolute Gasteiger partial charge is 0.272 e. The van der Waals surface area contributed by atoms with Crippen LogP contribution in [-0.4, -0.2) is 31.8 Å². The van der Waals surface area contributed by atoms with Crippen LogP contribution in [-0.2, 0) is 19.5 Å². The maximum Gasteiger partial charge on any atom is 0.272 e. The lowest BCUT2D eigenvalue weighted by Gasteiger charge is -2.12.